The fourth-order valence-corrected chi connectivity index (χ4v) is 4.00. The molecule has 0 spiro atoms. The van der Waals surface area contributed by atoms with Crippen molar-refractivity contribution in [3.05, 3.63) is 53.3 Å². The smallest absolute Gasteiger partial charge is 0.255 e. The third kappa shape index (κ3) is 6.66. The van der Waals surface area contributed by atoms with Gasteiger partial charge >= 0.3 is 0 Å². The van der Waals surface area contributed by atoms with Crippen LogP contribution in [-0.2, 0) is 14.8 Å². The van der Waals surface area contributed by atoms with Crippen molar-refractivity contribution in [2.45, 2.75) is 23.6 Å². The van der Waals surface area contributed by atoms with Crippen molar-refractivity contribution in [3.63, 3.8) is 0 Å². The van der Waals surface area contributed by atoms with Gasteiger partial charge in [-0.1, -0.05) is 25.4 Å². The number of hydroxylamine groups is 1. The molecule has 0 unspecified atom stereocenters. The Morgan fingerprint density at radius 2 is 1.89 bits per heavy atom. The summed E-state index contributed by atoms with van der Waals surface area (Å²) in [5.74, 6) is -0.964. The first kappa shape index (κ1) is 22.5. The third-order valence-electron chi connectivity index (χ3n) is 3.48. The summed E-state index contributed by atoms with van der Waals surface area (Å²) >= 11 is 7.03. The van der Waals surface area contributed by atoms with Crippen LogP contribution in [0, 0.1) is 11.7 Å². The standard InChI is InChI=1S/C18H20ClFN2O4S2/c1-12(2)18(23)22-26-17-8-5-14(11-16(17)20)27-10-9-21-28(24,25)15-6-3-13(19)4-7-15/h3-8,11-12,21H,9-10H2,1-2H3,(H,22,23). The van der Waals surface area contributed by atoms with Crippen molar-refractivity contribution >= 4 is 39.3 Å². The van der Waals surface area contributed by atoms with Crippen molar-refractivity contribution < 1.29 is 22.4 Å². The molecule has 2 rings (SSSR count). The van der Waals surface area contributed by atoms with Gasteiger partial charge in [0, 0.05) is 28.1 Å². The molecule has 0 fully saturated rings. The van der Waals surface area contributed by atoms with E-state index in [-0.39, 0.29) is 29.0 Å². The van der Waals surface area contributed by atoms with Crippen molar-refractivity contribution in [2.75, 3.05) is 12.3 Å². The van der Waals surface area contributed by atoms with Crippen molar-refractivity contribution in [2.24, 2.45) is 5.92 Å². The summed E-state index contributed by atoms with van der Waals surface area (Å²) in [6.07, 6.45) is 0. The van der Waals surface area contributed by atoms with Crippen LogP contribution >= 0.6 is 23.4 Å². The molecule has 0 heterocycles. The molecule has 10 heteroatoms. The van der Waals surface area contributed by atoms with Gasteiger partial charge in [0.1, 0.15) is 0 Å². The largest absolute Gasteiger partial charge is 0.376 e. The normalized spacial score (nSPS) is 11.5. The zero-order chi connectivity index (χ0) is 20.7. The van der Waals surface area contributed by atoms with Crippen LogP contribution < -0.4 is 15.0 Å². The molecule has 2 aromatic carbocycles. The molecule has 1 amide bonds. The summed E-state index contributed by atoms with van der Waals surface area (Å²) < 4.78 is 40.8. The molecule has 0 aliphatic carbocycles. The molecule has 0 aromatic heterocycles. The van der Waals surface area contributed by atoms with E-state index < -0.39 is 15.8 Å². The Bertz CT molecular complexity index is 922. The Kier molecular flexibility index (Phi) is 8.11. The predicted molar refractivity (Wildman–Crippen MR) is 107 cm³/mol. The van der Waals surface area contributed by atoms with Crippen molar-refractivity contribution in [1.82, 2.24) is 10.2 Å². The number of carbonyl (C=O) groups is 1. The Hall–Kier alpha value is -1.81. The molecular formula is C18H20ClFN2O4S2. The van der Waals surface area contributed by atoms with E-state index in [1.807, 2.05) is 0 Å². The summed E-state index contributed by atoms with van der Waals surface area (Å²) in [4.78, 5) is 17.1. The molecule has 0 aliphatic rings. The van der Waals surface area contributed by atoms with Gasteiger partial charge in [-0.2, -0.15) is 5.48 Å². The fraction of sp³-hybridized carbons (Fsp3) is 0.278. The van der Waals surface area contributed by atoms with Crippen LogP contribution in [0.2, 0.25) is 5.02 Å². The number of hydrogen-bond acceptors (Lipinski definition) is 5. The number of nitrogens with one attached hydrogen (secondary N) is 2. The first-order valence-electron chi connectivity index (χ1n) is 8.33. The van der Waals surface area contributed by atoms with E-state index in [1.165, 1.54) is 48.2 Å². The lowest BCUT2D eigenvalue weighted by atomic mass is 10.2. The van der Waals surface area contributed by atoms with E-state index in [0.29, 0.717) is 15.7 Å². The van der Waals surface area contributed by atoms with Gasteiger partial charge in [0.05, 0.1) is 4.90 Å². The molecule has 0 saturated carbocycles. The van der Waals surface area contributed by atoms with E-state index >= 15 is 0 Å². The van der Waals surface area contributed by atoms with Crippen LogP contribution in [0.4, 0.5) is 4.39 Å². The highest BCUT2D eigenvalue weighted by Gasteiger charge is 2.13. The van der Waals surface area contributed by atoms with E-state index in [2.05, 4.69) is 10.2 Å². The second-order valence-corrected chi connectivity index (χ2v) is 9.39. The van der Waals surface area contributed by atoms with Gasteiger partial charge in [-0.05, 0) is 42.5 Å². The molecular weight excluding hydrogens is 427 g/mol. The minimum Gasteiger partial charge on any atom is -0.376 e. The van der Waals surface area contributed by atoms with Crippen molar-refractivity contribution in [1.29, 1.82) is 0 Å². The molecule has 0 atom stereocenters. The maximum Gasteiger partial charge on any atom is 0.255 e. The number of halogens is 2. The summed E-state index contributed by atoms with van der Waals surface area (Å²) in [5.41, 5.74) is 2.18. The first-order valence-corrected chi connectivity index (χ1v) is 11.2. The molecule has 0 aliphatic heterocycles. The van der Waals surface area contributed by atoms with Crippen LogP contribution in [0.15, 0.2) is 52.3 Å². The van der Waals surface area contributed by atoms with Crippen LogP contribution in [-0.4, -0.2) is 26.6 Å². The van der Waals surface area contributed by atoms with Crippen molar-refractivity contribution in [3.8, 4) is 5.75 Å². The predicted octanol–water partition coefficient (Wildman–Crippen LogP) is 3.62. The highest BCUT2D eigenvalue weighted by molar-refractivity contribution is 7.99. The number of carbonyl (C=O) groups excluding carboxylic acids is 1. The SMILES string of the molecule is CC(C)C(=O)NOc1ccc(SCCNS(=O)(=O)c2ccc(Cl)cc2)cc1F. The Labute approximate surface area is 172 Å². The van der Waals surface area contributed by atoms with Gasteiger partial charge in [0.2, 0.25) is 10.0 Å². The number of hydrogen-bond donors (Lipinski definition) is 2. The summed E-state index contributed by atoms with van der Waals surface area (Å²) in [7, 11) is -3.63. The molecule has 28 heavy (non-hydrogen) atoms. The molecule has 2 aromatic rings. The minimum atomic E-state index is -3.63. The number of amides is 1. The average molecular weight is 447 g/mol. The quantitative estimate of drug-likeness (QED) is 0.349. The summed E-state index contributed by atoms with van der Waals surface area (Å²) in [6, 6.07) is 10.1. The topological polar surface area (TPSA) is 84.5 Å². The van der Waals surface area contributed by atoms with Gasteiger partial charge in [0.25, 0.3) is 5.91 Å². The lowest BCUT2D eigenvalue weighted by molar-refractivity contribution is -0.130. The molecule has 0 saturated heterocycles. The van der Waals surface area contributed by atoms with E-state index in [1.54, 1.807) is 19.9 Å². The monoisotopic (exact) mass is 446 g/mol. The van der Waals surface area contributed by atoms with E-state index in [9.17, 15) is 17.6 Å². The molecule has 2 N–H and O–H groups in total. The highest BCUT2D eigenvalue weighted by atomic mass is 35.5. The van der Waals surface area contributed by atoms with Crippen LogP contribution in [0.5, 0.6) is 5.75 Å². The summed E-state index contributed by atoms with van der Waals surface area (Å²) in [5, 5.41) is 0.452. The first-order chi connectivity index (χ1) is 13.2. The van der Waals surface area contributed by atoms with Crippen LogP contribution in [0.25, 0.3) is 0 Å². The maximum absolute atomic E-state index is 14.0. The van der Waals surface area contributed by atoms with Gasteiger partial charge in [-0.15, -0.1) is 11.8 Å². The van der Waals surface area contributed by atoms with E-state index in [0.717, 1.165) is 0 Å². The zero-order valence-corrected chi connectivity index (χ0v) is 17.6. The van der Waals surface area contributed by atoms with Gasteiger partial charge in [-0.3, -0.25) is 4.79 Å². The lowest BCUT2D eigenvalue weighted by Crippen LogP contribution is -2.31. The highest BCUT2D eigenvalue weighted by Crippen LogP contribution is 2.24. The number of sulfonamides is 1. The summed E-state index contributed by atoms with van der Waals surface area (Å²) in [6.45, 7) is 3.55. The molecule has 0 radical (unpaired) electrons. The average Bonchev–Trinajstić information content (AvgIpc) is 2.64. The third-order valence-corrected chi connectivity index (χ3v) is 6.20. The molecule has 152 valence electrons. The fourth-order valence-electron chi connectivity index (χ4n) is 1.92. The lowest BCUT2D eigenvalue weighted by Gasteiger charge is -2.10. The minimum absolute atomic E-state index is 0.0956. The second kappa shape index (κ2) is 10.1. The van der Waals surface area contributed by atoms with E-state index in [4.69, 9.17) is 16.4 Å². The number of rotatable bonds is 9. The van der Waals surface area contributed by atoms with Gasteiger partial charge in [-0.25, -0.2) is 17.5 Å². The van der Waals surface area contributed by atoms with Crippen LogP contribution in [0.3, 0.4) is 0 Å². The van der Waals surface area contributed by atoms with Gasteiger partial charge < -0.3 is 4.84 Å². The van der Waals surface area contributed by atoms with Crippen LogP contribution in [0.1, 0.15) is 13.8 Å². The Morgan fingerprint density at radius 3 is 2.50 bits per heavy atom. The number of thioether (sulfide) groups is 1. The molecule has 0 bridgehead atoms. The Balaban J connectivity index is 1.83. The van der Waals surface area contributed by atoms with Gasteiger partial charge in [0.15, 0.2) is 11.6 Å². The zero-order valence-electron chi connectivity index (χ0n) is 15.2. The Morgan fingerprint density at radius 1 is 1.21 bits per heavy atom. The molecule has 6 nitrogen and oxygen atoms in total. The maximum atomic E-state index is 14.0. The number of benzene rings is 2. The second-order valence-electron chi connectivity index (χ2n) is 6.02.